The molecule has 7 N–H and O–H groups in total. The molecule has 0 spiro atoms. The van der Waals surface area contributed by atoms with Crippen molar-refractivity contribution in [1.29, 1.82) is 0 Å². The third-order valence-electron chi connectivity index (χ3n) is 15.9. The van der Waals surface area contributed by atoms with Crippen LogP contribution in [0.5, 0.6) is 17.2 Å². The highest BCUT2D eigenvalue weighted by atomic mass is 35.5. The lowest BCUT2D eigenvalue weighted by atomic mass is 10.2. The first kappa shape index (κ1) is 86.6. The maximum atomic E-state index is 14.6. The molecule has 0 radical (unpaired) electrons. The van der Waals surface area contributed by atoms with Crippen molar-refractivity contribution in [1.82, 2.24) is 64.2 Å². The lowest BCUT2D eigenvalue weighted by molar-refractivity contribution is -0.106. The number of hydrogen-bond acceptors (Lipinski definition) is 28. The Hall–Kier alpha value is -9.32. The van der Waals surface area contributed by atoms with Crippen molar-refractivity contribution in [3.05, 3.63) is 108 Å². The van der Waals surface area contributed by atoms with Gasteiger partial charge in [-0.3, -0.25) is 9.11 Å². The van der Waals surface area contributed by atoms with E-state index >= 15 is 0 Å². The van der Waals surface area contributed by atoms with Crippen molar-refractivity contribution in [2.45, 2.75) is 26.4 Å². The maximum absolute atomic E-state index is 14.6. The first-order valence-corrected chi connectivity index (χ1v) is 37.9. The van der Waals surface area contributed by atoms with Crippen LogP contribution in [0.4, 0.5) is 72.0 Å². The van der Waals surface area contributed by atoms with Crippen LogP contribution in [0.3, 0.4) is 0 Å². The minimum atomic E-state index is -1.06. The predicted molar refractivity (Wildman–Crippen MR) is 402 cm³/mol. The molecule has 31 nitrogen and oxygen atoms in total. The van der Waals surface area contributed by atoms with E-state index in [0.29, 0.717) is 130 Å². The molecule has 0 unspecified atom stereocenters. The van der Waals surface area contributed by atoms with E-state index in [1.807, 2.05) is 55.0 Å². The molecule has 1 atom stereocenters. The molecule has 1 amide bonds. The van der Waals surface area contributed by atoms with Gasteiger partial charge in [0.1, 0.15) is 54.1 Å². The molecule has 9 heterocycles. The number of carbonyl (C=O) groups excluding carboxylic acids is 2. The molecule has 9 aromatic rings. The molecular weight excluding hydrogens is 1490 g/mol. The average Bonchev–Trinajstić information content (AvgIpc) is 1.70. The summed E-state index contributed by atoms with van der Waals surface area (Å²) in [4.78, 5) is 61.3. The third kappa shape index (κ3) is 24.1. The lowest BCUT2D eigenvalue weighted by Crippen LogP contribution is -2.50. The van der Waals surface area contributed by atoms with Gasteiger partial charge in [0.15, 0.2) is 46.2 Å². The highest BCUT2D eigenvalue weighted by molar-refractivity contribution is 7.84. The number of piperazine rings is 3. The number of nitrogen functional groups attached to an aromatic ring is 2. The molecule has 3 fully saturated rings. The van der Waals surface area contributed by atoms with Crippen molar-refractivity contribution in [2.24, 2.45) is 0 Å². The van der Waals surface area contributed by atoms with Gasteiger partial charge in [-0.1, -0.05) is 0 Å². The molecule has 0 saturated carbocycles. The second-order valence-electron chi connectivity index (χ2n) is 24.6. The Bertz CT molecular complexity index is 4310. The van der Waals surface area contributed by atoms with Crippen LogP contribution in [0, 0.1) is 34.9 Å². The zero-order chi connectivity index (χ0) is 74.6. The monoisotopic (exact) mass is 1580 g/mol. The summed E-state index contributed by atoms with van der Waals surface area (Å²) in [7, 11) is 2.49. The molecule has 0 bridgehead atoms. The summed E-state index contributed by atoms with van der Waals surface area (Å²) in [6.45, 7) is 15.1. The SMILES string of the molecule is CN(CC=O)c1nc(N)n2nc(-c3ccco3)nc2n1.CN(CCN1CCN(c2cc(OCC[S@](C)=O)c(F)cc2F)CC1)c1nc(N)n2nc(-c3ccco3)nc2n1.C[SH+]CCOc1cc(N2CCN(C(=O)OC(C)(C)C)CC2)c(F)cc1F.C[SH+]CCOc1cc(N2CCNCC2)c(F)cc1F.Cl.[OH-].[OH-]. The van der Waals surface area contributed by atoms with Gasteiger partial charge in [-0.15, -0.1) is 22.6 Å². The molecule has 3 aromatic carbocycles. The number of nitrogens with zero attached hydrogens (tertiary/aromatic N) is 17. The van der Waals surface area contributed by atoms with Gasteiger partial charge in [0.25, 0.3) is 11.6 Å². The zero-order valence-corrected chi connectivity index (χ0v) is 63.6. The number of thiol groups is 2. The third-order valence-corrected chi connectivity index (χ3v) is 17.9. The Morgan fingerprint density at radius 1 is 0.617 bits per heavy atom. The van der Waals surface area contributed by atoms with Crippen molar-refractivity contribution in [3.8, 4) is 40.4 Å². The fourth-order valence-corrected chi connectivity index (χ4v) is 11.4. The van der Waals surface area contributed by atoms with Crippen LogP contribution < -0.4 is 55.5 Å². The first-order valence-electron chi connectivity index (χ1n) is 33.1. The second-order valence-corrected chi connectivity index (χ2v) is 28.3. The Morgan fingerprint density at radius 2 is 1.04 bits per heavy atom. The average molecular weight is 1580 g/mol. The van der Waals surface area contributed by atoms with Gasteiger partial charge in [0.05, 0.1) is 61.0 Å². The number of likely N-dealkylation sites (N-methyl/N-ethyl adjacent to an activating group) is 2. The molecule has 3 aliphatic rings. The predicted octanol–water partition coefficient (Wildman–Crippen LogP) is 5.76. The Labute approximate surface area is 630 Å². The molecule has 6 aromatic heterocycles. The minimum absolute atomic E-state index is 0. The number of nitrogens with two attached hydrogens (primary N) is 2. The van der Waals surface area contributed by atoms with E-state index in [2.05, 4.69) is 50.3 Å². The highest BCUT2D eigenvalue weighted by Gasteiger charge is 2.29. The number of hydrogen-bond donors (Lipinski definition) is 3. The molecule has 0 aliphatic carbocycles. The van der Waals surface area contributed by atoms with Crippen LogP contribution in [-0.2, 0) is 43.9 Å². The number of amides is 1. The summed E-state index contributed by atoms with van der Waals surface area (Å²) in [6.07, 6.45) is 8.98. The van der Waals surface area contributed by atoms with Crippen molar-refractivity contribution in [3.63, 3.8) is 0 Å². The van der Waals surface area contributed by atoms with Gasteiger partial charge < -0.3 is 89.7 Å². The Balaban J connectivity index is 0.000000231. The molecule has 41 heteroatoms. The van der Waals surface area contributed by atoms with E-state index in [0.717, 1.165) is 80.5 Å². The molecular formula is C66H89ClF6N20O11S3. The van der Waals surface area contributed by atoms with Crippen LogP contribution in [0.25, 0.3) is 34.7 Å². The van der Waals surface area contributed by atoms with E-state index in [9.17, 15) is 40.1 Å². The summed E-state index contributed by atoms with van der Waals surface area (Å²) >= 11 is 2.34. The molecule has 586 valence electrons. The zero-order valence-electron chi connectivity index (χ0n) is 60.2. The number of anilines is 7. The van der Waals surface area contributed by atoms with E-state index in [-0.39, 0.29) is 83.3 Å². The van der Waals surface area contributed by atoms with E-state index in [1.165, 1.54) is 51.5 Å². The summed E-state index contributed by atoms with van der Waals surface area (Å²) in [5.41, 5.74) is 12.4. The fraction of sp³-hybridized carbons (Fsp3) is 0.455. The maximum Gasteiger partial charge on any atom is 0.410 e. The molecule has 3 saturated heterocycles. The van der Waals surface area contributed by atoms with Crippen LogP contribution in [0.15, 0.2) is 82.0 Å². The second kappa shape index (κ2) is 41.1. The van der Waals surface area contributed by atoms with E-state index < -0.39 is 51.3 Å². The standard InChI is InChI=1S/C24H29F2N9O3S.C18H26F2N2O3S.C13H18F2N2OS.C11H11N7O2.ClH.2H2O/c1-32(23-29-22(27)35-24(30-23)28-21(31-35)19-4-3-11-37-19)5-6-33-7-9-34(10-8-33)18-15-20(17(26)14-16(18)25)38-12-13-39(2)36;1-18(2,3)25-17(23)22-7-5-21(6-8-22)15-12-16(24-9-10-26-4)14(20)11-13(15)19;1-19-7-6-18-13-9-12(10(14)8-11(13)15)17-4-2-16-3-5-17;1-17(4-5-19)10-14-9(12)18-11(15-10)13-8(16-18)7-3-2-6-20-7;;;/h3-4,11,14-15H,5-10,12-13H2,1-2H3,(H2,27,28,29,30,31);11-12H,5-10H2,1-4H3;8-9,16H,2-7H2,1H3;2-3,5-6H,4H2,1H3,(H2,12,13,14,15,16);1H;2*1H2/t39-;;;;;;/m0....../s1. The summed E-state index contributed by atoms with van der Waals surface area (Å²) in [5.74, 6) is 1.51. The topological polar surface area (TPSA) is 373 Å². The van der Waals surface area contributed by atoms with Crippen LogP contribution in [0.2, 0.25) is 0 Å². The number of benzene rings is 3. The summed E-state index contributed by atoms with van der Waals surface area (Å²) in [5, 5.41) is 11.7. The Morgan fingerprint density at radius 3 is 1.44 bits per heavy atom. The van der Waals surface area contributed by atoms with Gasteiger partial charge in [0, 0.05) is 159 Å². The van der Waals surface area contributed by atoms with Crippen LogP contribution in [0.1, 0.15) is 20.8 Å². The Kier molecular flexibility index (Phi) is 33.3. The van der Waals surface area contributed by atoms with Crippen molar-refractivity contribution < 1.29 is 78.9 Å². The van der Waals surface area contributed by atoms with Crippen molar-refractivity contribution in [2.75, 3.05) is 204 Å². The smallest absolute Gasteiger partial charge is 0.410 e. The number of nitrogens with one attached hydrogen (secondary N) is 1. The fourth-order valence-electron chi connectivity index (χ4n) is 10.5. The van der Waals surface area contributed by atoms with Gasteiger partial charge in [0.2, 0.25) is 35.4 Å². The first-order chi connectivity index (χ1) is 49.9. The number of ether oxygens (including phenoxy) is 4. The normalized spacial score (nSPS) is 14.0. The van der Waals surface area contributed by atoms with Gasteiger partial charge in [-0.2, -0.15) is 38.9 Å². The molecule has 107 heavy (non-hydrogen) atoms. The highest BCUT2D eigenvalue weighted by Crippen LogP contribution is 2.33. The molecule has 12 rings (SSSR count). The number of aromatic nitrogens is 10. The van der Waals surface area contributed by atoms with Crippen LogP contribution in [-0.4, -0.2) is 260 Å². The van der Waals surface area contributed by atoms with Crippen LogP contribution >= 0.6 is 12.4 Å². The summed E-state index contributed by atoms with van der Waals surface area (Å²) in [6, 6.07) is 13.8. The number of aldehydes is 1. The molecule has 3 aliphatic heterocycles. The van der Waals surface area contributed by atoms with Gasteiger partial charge >= 0.3 is 6.09 Å². The number of fused-ring (bicyclic) bond motifs is 2. The van der Waals surface area contributed by atoms with Gasteiger partial charge in [-0.25, -0.2) is 31.1 Å². The van der Waals surface area contributed by atoms with E-state index in [1.54, 1.807) is 52.3 Å². The van der Waals surface area contributed by atoms with E-state index in [4.69, 9.17) is 39.2 Å². The van der Waals surface area contributed by atoms with Gasteiger partial charge in [-0.05, 0) is 68.6 Å². The number of halogens is 7. The largest absolute Gasteiger partial charge is 0.870 e. The number of rotatable bonds is 24. The lowest BCUT2D eigenvalue weighted by Gasteiger charge is -2.37. The summed E-state index contributed by atoms with van der Waals surface area (Å²) < 4.78 is 130. The quantitative estimate of drug-likeness (QED) is 0.0213. The number of carbonyl (C=O) groups is 2. The number of furan rings is 2. The minimum Gasteiger partial charge on any atom is -0.870 e. The van der Waals surface area contributed by atoms with Crippen molar-refractivity contribution >= 4 is 112 Å².